The summed E-state index contributed by atoms with van der Waals surface area (Å²) in [5.74, 6) is -0.0671. The molecule has 8 nitrogen and oxygen atoms in total. The summed E-state index contributed by atoms with van der Waals surface area (Å²) in [6, 6.07) is 0. The van der Waals surface area contributed by atoms with Crippen LogP contribution in [0.15, 0.2) is 0 Å². The largest absolute Gasteiger partial charge is 0.465 e. The normalized spacial score (nSPS) is 13.5. The van der Waals surface area contributed by atoms with E-state index in [0.717, 1.165) is 10.8 Å². The SMILES string of the molecule is CCn1c(C(=O)N(C)OC)nc2c1CN(C(=O)O)C2. The molecular formula is C11H16N4O4. The molecule has 19 heavy (non-hydrogen) atoms. The maximum absolute atomic E-state index is 12.1. The van der Waals surface area contributed by atoms with E-state index in [2.05, 4.69) is 4.98 Å². The Labute approximate surface area is 110 Å². The molecule has 1 aromatic heterocycles. The quantitative estimate of drug-likeness (QED) is 0.808. The summed E-state index contributed by atoms with van der Waals surface area (Å²) in [6.45, 7) is 2.91. The topological polar surface area (TPSA) is 87.9 Å². The molecule has 0 bridgehead atoms. The maximum atomic E-state index is 12.1. The molecule has 0 atom stereocenters. The fourth-order valence-electron chi connectivity index (χ4n) is 2.12. The zero-order chi connectivity index (χ0) is 14.2. The molecule has 0 fully saturated rings. The van der Waals surface area contributed by atoms with E-state index in [1.807, 2.05) is 6.92 Å². The second kappa shape index (κ2) is 4.88. The second-order valence-corrected chi connectivity index (χ2v) is 4.20. The molecule has 0 saturated heterocycles. The predicted octanol–water partition coefficient (Wildman–Crippen LogP) is 0.530. The molecule has 1 aliphatic heterocycles. The van der Waals surface area contributed by atoms with Gasteiger partial charge in [-0.1, -0.05) is 0 Å². The molecule has 8 heteroatoms. The van der Waals surface area contributed by atoms with Gasteiger partial charge in [0.15, 0.2) is 0 Å². The Morgan fingerprint density at radius 2 is 2.16 bits per heavy atom. The number of fused-ring (bicyclic) bond motifs is 1. The first kappa shape index (κ1) is 13.3. The van der Waals surface area contributed by atoms with Crippen LogP contribution in [0.2, 0.25) is 0 Å². The van der Waals surface area contributed by atoms with Crippen molar-refractivity contribution in [1.82, 2.24) is 19.5 Å². The van der Waals surface area contributed by atoms with Crippen molar-refractivity contribution in [1.29, 1.82) is 0 Å². The predicted molar refractivity (Wildman–Crippen MR) is 64.3 cm³/mol. The van der Waals surface area contributed by atoms with Crippen LogP contribution in [0.4, 0.5) is 4.79 Å². The molecule has 0 aliphatic carbocycles. The van der Waals surface area contributed by atoms with E-state index in [4.69, 9.17) is 9.94 Å². The summed E-state index contributed by atoms with van der Waals surface area (Å²) >= 11 is 0. The highest BCUT2D eigenvalue weighted by molar-refractivity contribution is 5.90. The number of carbonyl (C=O) groups is 2. The number of rotatable bonds is 3. The van der Waals surface area contributed by atoms with Crippen LogP contribution in [0.25, 0.3) is 0 Å². The van der Waals surface area contributed by atoms with E-state index in [0.29, 0.717) is 12.2 Å². The highest BCUT2D eigenvalue weighted by Crippen LogP contribution is 2.24. The Morgan fingerprint density at radius 1 is 1.47 bits per heavy atom. The van der Waals surface area contributed by atoms with Gasteiger partial charge < -0.3 is 9.67 Å². The van der Waals surface area contributed by atoms with Gasteiger partial charge in [0.2, 0.25) is 5.82 Å². The number of carbonyl (C=O) groups excluding carboxylic acids is 1. The van der Waals surface area contributed by atoms with Gasteiger partial charge in [-0.3, -0.25) is 14.5 Å². The van der Waals surface area contributed by atoms with Gasteiger partial charge in [0.25, 0.3) is 0 Å². The Bertz CT molecular complexity index is 525. The van der Waals surface area contributed by atoms with Crippen LogP contribution in [0, 0.1) is 0 Å². The Morgan fingerprint density at radius 3 is 2.68 bits per heavy atom. The summed E-state index contributed by atoms with van der Waals surface area (Å²) < 4.78 is 1.73. The summed E-state index contributed by atoms with van der Waals surface area (Å²) in [5.41, 5.74) is 1.41. The summed E-state index contributed by atoms with van der Waals surface area (Å²) in [6.07, 6.45) is -0.984. The summed E-state index contributed by atoms with van der Waals surface area (Å²) in [5, 5.41) is 10.1. The average molecular weight is 268 g/mol. The van der Waals surface area contributed by atoms with E-state index in [1.54, 1.807) is 4.57 Å². The molecule has 0 saturated carbocycles. The van der Waals surface area contributed by atoms with Crippen LogP contribution in [0.3, 0.4) is 0 Å². The first-order chi connectivity index (χ1) is 8.99. The first-order valence-electron chi connectivity index (χ1n) is 5.87. The lowest BCUT2D eigenvalue weighted by Gasteiger charge is -2.16. The minimum atomic E-state index is -0.984. The minimum absolute atomic E-state index is 0.217. The zero-order valence-electron chi connectivity index (χ0n) is 11.1. The van der Waals surface area contributed by atoms with Gasteiger partial charge >= 0.3 is 12.0 Å². The third-order valence-electron chi connectivity index (χ3n) is 3.17. The first-order valence-corrected chi connectivity index (χ1v) is 5.87. The fourth-order valence-corrected chi connectivity index (χ4v) is 2.12. The van der Waals surface area contributed by atoms with Crippen LogP contribution in [0.1, 0.15) is 28.9 Å². The van der Waals surface area contributed by atoms with E-state index in [-0.39, 0.29) is 24.8 Å². The van der Waals surface area contributed by atoms with Gasteiger partial charge in [0.05, 0.1) is 31.6 Å². The lowest BCUT2D eigenvalue weighted by molar-refractivity contribution is -0.0767. The minimum Gasteiger partial charge on any atom is -0.465 e. The zero-order valence-corrected chi connectivity index (χ0v) is 11.1. The van der Waals surface area contributed by atoms with Gasteiger partial charge in [-0.15, -0.1) is 0 Å². The van der Waals surface area contributed by atoms with E-state index < -0.39 is 6.09 Å². The van der Waals surface area contributed by atoms with Crippen molar-refractivity contribution in [2.24, 2.45) is 0 Å². The monoisotopic (exact) mass is 268 g/mol. The number of amides is 2. The summed E-state index contributed by atoms with van der Waals surface area (Å²) in [4.78, 5) is 33.4. The third kappa shape index (κ3) is 2.14. The number of nitrogens with zero attached hydrogens (tertiary/aromatic N) is 4. The molecule has 2 heterocycles. The molecule has 0 aromatic carbocycles. The van der Waals surface area contributed by atoms with Crippen molar-refractivity contribution in [3.05, 3.63) is 17.2 Å². The van der Waals surface area contributed by atoms with Gasteiger partial charge in [0, 0.05) is 13.6 Å². The molecular weight excluding hydrogens is 252 g/mol. The Hall–Kier alpha value is -2.09. The molecule has 2 rings (SSSR count). The van der Waals surface area contributed by atoms with Crippen LogP contribution in [0.5, 0.6) is 0 Å². The number of hydrogen-bond acceptors (Lipinski definition) is 4. The molecule has 1 aromatic rings. The van der Waals surface area contributed by atoms with Crippen molar-refractivity contribution >= 4 is 12.0 Å². The average Bonchev–Trinajstić information content (AvgIpc) is 2.93. The number of carboxylic acid groups (broad SMARTS) is 1. The van der Waals surface area contributed by atoms with Crippen molar-refractivity contribution in [2.75, 3.05) is 14.2 Å². The standard InChI is InChI=1S/C11H16N4O4/c1-4-15-8-6-14(11(17)18)5-7(8)12-9(15)10(16)13(2)19-3/h4-6H2,1-3H3,(H,17,18). The lowest BCUT2D eigenvalue weighted by Crippen LogP contribution is -2.30. The van der Waals surface area contributed by atoms with Crippen LogP contribution >= 0.6 is 0 Å². The number of hydroxylamine groups is 2. The maximum Gasteiger partial charge on any atom is 0.408 e. The van der Waals surface area contributed by atoms with E-state index in [1.165, 1.54) is 19.1 Å². The Balaban J connectivity index is 2.34. The van der Waals surface area contributed by atoms with Crippen molar-refractivity contribution < 1.29 is 19.5 Å². The molecule has 1 N–H and O–H groups in total. The molecule has 0 spiro atoms. The molecule has 104 valence electrons. The third-order valence-corrected chi connectivity index (χ3v) is 3.17. The smallest absolute Gasteiger partial charge is 0.408 e. The van der Waals surface area contributed by atoms with Gasteiger partial charge in [-0.2, -0.15) is 0 Å². The fraction of sp³-hybridized carbons (Fsp3) is 0.545. The van der Waals surface area contributed by atoms with E-state index >= 15 is 0 Å². The van der Waals surface area contributed by atoms with Gasteiger partial charge in [-0.25, -0.2) is 14.8 Å². The number of imidazole rings is 1. The molecule has 0 unspecified atom stereocenters. The second-order valence-electron chi connectivity index (χ2n) is 4.20. The van der Waals surface area contributed by atoms with Gasteiger partial charge in [0.1, 0.15) is 0 Å². The van der Waals surface area contributed by atoms with Gasteiger partial charge in [-0.05, 0) is 6.92 Å². The molecule has 0 radical (unpaired) electrons. The molecule has 1 aliphatic rings. The van der Waals surface area contributed by atoms with Crippen molar-refractivity contribution in [3.63, 3.8) is 0 Å². The molecule has 2 amide bonds. The van der Waals surface area contributed by atoms with Crippen LogP contribution < -0.4 is 0 Å². The summed E-state index contributed by atoms with van der Waals surface area (Å²) in [7, 11) is 2.91. The van der Waals surface area contributed by atoms with Crippen LogP contribution in [-0.4, -0.2) is 50.8 Å². The lowest BCUT2D eigenvalue weighted by atomic mass is 10.4. The van der Waals surface area contributed by atoms with E-state index in [9.17, 15) is 9.59 Å². The van der Waals surface area contributed by atoms with Crippen molar-refractivity contribution in [3.8, 4) is 0 Å². The number of hydrogen-bond donors (Lipinski definition) is 1. The number of aromatic nitrogens is 2. The highest BCUT2D eigenvalue weighted by atomic mass is 16.7. The highest BCUT2D eigenvalue weighted by Gasteiger charge is 2.31. The Kier molecular flexibility index (Phi) is 3.43. The van der Waals surface area contributed by atoms with Crippen LogP contribution in [-0.2, 0) is 24.5 Å². The van der Waals surface area contributed by atoms with Crippen molar-refractivity contribution in [2.45, 2.75) is 26.6 Å².